The first-order valence-electron chi connectivity index (χ1n) is 9.73. The van der Waals surface area contributed by atoms with Crippen molar-refractivity contribution in [2.75, 3.05) is 12.4 Å². The largest absolute Gasteiger partial charge is 0.493 e. The van der Waals surface area contributed by atoms with E-state index < -0.39 is 10.8 Å². The molecule has 0 bridgehead atoms. The highest BCUT2D eigenvalue weighted by molar-refractivity contribution is 6.32. The lowest BCUT2D eigenvalue weighted by molar-refractivity contribution is -0.384. The first-order valence-corrected chi connectivity index (χ1v) is 10.5. The number of amides is 1. The molecule has 0 saturated heterocycles. The molecule has 1 amide bonds. The van der Waals surface area contributed by atoms with Gasteiger partial charge in [0.1, 0.15) is 18.2 Å². The number of nitrogens with zero attached hydrogens (tertiary/aromatic N) is 2. The summed E-state index contributed by atoms with van der Waals surface area (Å²) < 4.78 is 11.2. The quantitative estimate of drug-likeness (QED) is 0.175. The molecule has 10 heteroatoms. The first-order chi connectivity index (χ1) is 16.3. The fourth-order valence-electron chi connectivity index (χ4n) is 2.94. The Bertz CT molecular complexity index is 1320. The van der Waals surface area contributed by atoms with Gasteiger partial charge in [-0.2, -0.15) is 5.26 Å². The molecule has 3 aromatic rings. The minimum Gasteiger partial charge on any atom is -0.493 e. The summed E-state index contributed by atoms with van der Waals surface area (Å²) in [6.07, 6.45) is 1.32. The number of non-ortho nitro benzene ring substituents is 1. The standard InChI is InChI=1S/C24H17Cl2N3O5/c1-33-22-11-15(10-21(26)23(22)34-14-16-5-2-3-8-20(16)25)9-17(13-27)24(30)28-18-6-4-7-19(12-18)29(31)32/h2-12H,14H2,1H3,(H,28,30)/b17-9+. The van der Waals surface area contributed by atoms with Crippen LogP contribution >= 0.6 is 23.2 Å². The van der Waals surface area contributed by atoms with Crippen molar-refractivity contribution in [2.24, 2.45) is 0 Å². The number of anilines is 1. The van der Waals surface area contributed by atoms with Crippen molar-refractivity contribution in [2.45, 2.75) is 6.61 Å². The van der Waals surface area contributed by atoms with Crippen molar-refractivity contribution in [1.82, 2.24) is 0 Å². The van der Waals surface area contributed by atoms with Crippen molar-refractivity contribution in [3.63, 3.8) is 0 Å². The maximum absolute atomic E-state index is 12.6. The van der Waals surface area contributed by atoms with Gasteiger partial charge in [0, 0.05) is 28.4 Å². The molecule has 0 atom stereocenters. The van der Waals surface area contributed by atoms with E-state index in [2.05, 4.69) is 5.32 Å². The molecular weight excluding hydrogens is 481 g/mol. The smallest absolute Gasteiger partial charge is 0.271 e. The van der Waals surface area contributed by atoms with Gasteiger partial charge in [0.05, 0.1) is 17.1 Å². The lowest BCUT2D eigenvalue weighted by Crippen LogP contribution is -2.13. The Morgan fingerprint density at radius 1 is 1.15 bits per heavy atom. The zero-order chi connectivity index (χ0) is 24.7. The Kier molecular flexibility index (Phi) is 8.09. The summed E-state index contributed by atoms with van der Waals surface area (Å²) in [5.41, 5.74) is 0.923. The molecule has 8 nitrogen and oxygen atoms in total. The van der Waals surface area contributed by atoms with Crippen LogP contribution in [0.1, 0.15) is 11.1 Å². The normalized spacial score (nSPS) is 10.8. The molecule has 172 valence electrons. The minimum atomic E-state index is -0.739. The topological polar surface area (TPSA) is 114 Å². The number of hydrogen-bond donors (Lipinski definition) is 1. The number of rotatable bonds is 8. The number of nitro groups is 1. The van der Waals surface area contributed by atoms with E-state index in [0.717, 1.165) is 5.56 Å². The lowest BCUT2D eigenvalue weighted by atomic mass is 10.1. The van der Waals surface area contributed by atoms with E-state index in [1.54, 1.807) is 12.1 Å². The first kappa shape index (κ1) is 24.6. The highest BCUT2D eigenvalue weighted by atomic mass is 35.5. The van der Waals surface area contributed by atoms with Crippen LogP contribution in [0.3, 0.4) is 0 Å². The fraction of sp³-hybridized carbons (Fsp3) is 0.0833. The Morgan fingerprint density at radius 3 is 2.59 bits per heavy atom. The Balaban J connectivity index is 1.83. The van der Waals surface area contributed by atoms with Crippen molar-refractivity contribution in [3.8, 4) is 17.6 Å². The predicted molar refractivity (Wildman–Crippen MR) is 129 cm³/mol. The highest BCUT2D eigenvalue weighted by Gasteiger charge is 2.16. The van der Waals surface area contributed by atoms with Crippen LogP contribution in [0.4, 0.5) is 11.4 Å². The SMILES string of the molecule is COc1cc(/C=C(\C#N)C(=O)Nc2cccc([N+](=O)[O-])c2)cc(Cl)c1OCc1ccccc1Cl. The van der Waals surface area contributed by atoms with Gasteiger partial charge in [-0.3, -0.25) is 14.9 Å². The minimum absolute atomic E-state index is 0.153. The van der Waals surface area contributed by atoms with Gasteiger partial charge in [0.25, 0.3) is 11.6 Å². The summed E-state index contributed by atoms with van der Waals surface area (Å²) in [5.74, 6) is -0.167. The van der Waals surface area contributed by atoms with Crippen LogP contribution in [-0.4, -0.2) is 17.9 Å². The fourth-order valence-corrected chi connectivity index (χ4v) is 3.40. The molecule has 34 heavy (non-hydrogen) atoms. The van der Waals surface area contributed by atoms with Crippen molar-refractivity contribution >= 4 is 46.6 Å². The van der Waals surface area contributed by atoms with Gasteiger partial charge in [-0.25, -0.2) is 0 Å². The van der Waals surface area contributed by atoms with Crippen molar-refractivity contribution in [1.29, 1.82) is 5.26 Å². The summed E-state index contributed by atoms with van der Waals surface area (Å²) in [6, 6.07) is 17.5. The maximum Gasteiger partial charge on any atom is 0.271 e. The molecule has 1 N–H and O–H groups in total. The van der Waals surface area contributed by atoms with E-state index in [9.17, 15) is 20.2 Å². The van der Waals surface area contributed by atoms with Gasteiger partial charge in [-0.1, -0.05) is 47.5 Å². The maximum atomic E-state index is 12.6. The van der Waals surface area contributed by atoms with Crippen LogP contribution in [0.15, 0.2) is 66.2 Å². The molecule has 3 aromatic carbocycles. The number of halogens is 2. The zero-order valence-electron chi connectivity index (χ0n) is 17.7. The van der Waals surface area contributed by atoms with Crippen LogP contribution in [-0.2, 0) is 11.4 Å². The number of carbonyl (C=O) groups excluding carboxylic acids is 1. The third kappa shape index (κ3) is 6.04. The molecule has 0 saturated carbocycles. The molecule has 0 unspecified atom stereocenters. The van der Waals surface area contributed by atoms with Gasteiger partial charge in [-0.05, 0) is 35.9 Å². The number of nitrogens with one attached hydrogen (secondary N) is 1. The molecule has 0 aliphatic carbocycles. The van der Waals surface area contributed by atoms with Gasteiger partial charge < -0.3 is 14.8 Å². The van der Waals surface area contributed by atoms with E-state index in [1.165, 1.54) is 43.5 Å². The number of benzene rings is 3. The average Bonchev–Trinajstić information content (AvgIpc) is 2.82. The molecule has 3 rings (SSSR count). The predicted octanol–water partition coefficient (Wildman–Crippen LogP) is 6.03. The van der Waals surface area contributed by atoms with Crippen LogP contribution < -0.4 is 14.8 Å². The van der Waals surface area contributed by atoms with E-state index in [-0.39, 0.29) is 34.3 Å². The molecule has 0 radical (unpaired) electrons. The zero-order valence-corrected chi connectivity index (χ0v) is 19.3. The average molecular weight is 498 g/mol. The van der Waals surface area contributed by atoms with E-state index >= 15 is 0 Å². The number of carbonyl (C=O) groups is 1. The number of methoxy groups -OCH3 is 1. The van der Waals surface area contributed by atoms with Gasteiger partial charge in [0.15, 0.2) is 11.5 Å². The molecular formula is C24H17Cl2N3O5. The molecule has 0 aromatic heterocycles. The van der Waals surface area contributed by atoms with Crippen LogP contribution in [0.2, 0.25) is 10.0 Å². The van der Waals surface area contributed by atoms with Crippen molar-refractivity contribution < 1.29 is 19.2 Å². The van der Waals surface area contributed by atoms with Crippen LogP contribution in [0.5, 0.6) is 11.5 Å². The number of nitriles is 1. The summed E-state index contributed by atoms with van der Waals surface area (Å²) in [4.78, 5) is 22.9. The summed E-state index contributed by atoms with van der Waals surface area (Å²) in [5, 5.41) is 23.6. The third-order valence-corrected chi connectivity index (χ3v) is 5.22. The monoisotopic (exact) mass is 497 g/mol. The Hall–Kier alpha value is -4.06. The van der Waals surface area contributed by atoms with Crippen molar-refractivity contribution in [3.05, 3.63) is 97.5 Å². The summed E-state index contributed by atoms with van der Waals surface area (Å²) in [7, 11) is 1.43. The number of hydrogen-bond acceptors (Lipinski definition) is 6. The molecule has 0 fully saturated rings. The van der Waals surface area contributed by atoms with E-state index in [4.69, 9.17) is 32.7 Å². The number of nitro benzene ring substituents is 1. The second-order valence-corrected chi connectivity index (χ2v) is 7.66. The van der Waals surface area contributed by atoms with Gasteiger partial charge in [0.2, 0.25) is 0 Å². The second-order valence-electron chi connectivity index (χ2n) is 6.85. The Labute approximate surface area is 205 Å². The molecule has 0 heterocycles. The second kappa shape index (κ2) is 11.2. The van der Waals surface area contributed by atoms with Crippen LogP contribution in [0, 0.1) is 21.4 Å². The highest BCUT2D eigenvalue weighted by Crippen LogP contribution is 2.38. The molecule has 0 aliphatic rings. The molecule has 0 spiro atoms. The molecule has 0 aliphatic heterocycles. The van der Waals surface area contributed by atoms with E-state index in [1.807, 2.05) is 24.3 Å². The third-order valence-electron chi connectivity index (χ3n) is 4.57. The summed E-state index contributed by atoms with van der Waals surface area (Å²) >= 11 is 12.5. The van der Waals surface area contributed by atoms with E-state index in [0.29, 0.717) is 16.3 Å². The van der Waals surface area contributed by atoms with Gasteiger partial charge >= 0.3 is 0 Å². The number of ether oxygens (including phenoxy) is 2. The lowest BCUT2D eigenvalue weighted by Gasteiger charge is -2.14. The summed E-state index contributed by atoms with van der Waals surface area (Å²) in [6.45, 7) is 0.153. The Morgan fingerprint density at radius 2 is 1.91 bits per heavy atom. The van der Waals surface area contributed by atoms with Crippen LogP contribution in [0.25, 0.3) is 6.08 Å². The van der Waals surface area contributed by atoms with Gasteiger partial charge in [-0.15, -0.1) is 0 Å².